The quantitative estimate of drug-likeness (QED) is 0.622. The van der Waals surface area contributed by atoms with Gasteiger partial charge in [0.25, 0.3) is 0 Å². The molecule has 1 amide bonds. The average Bonchev–Trinajstić information content (AvgIpc) is 2.72. The lowest BCUT2D eigenvalue weighted by Gasteiger charge is -2.20. The number of carbonyl (C=O) groups excluding carboxylic acids is 3. The summed E-state index contributed by atoms with van der Waals surface area (Å²) in [4.78, 5) is 34.1. The van der Waals surface area contributed by atoms with Crippen LogP contribution in [0.1, 0.15) is 26.7 Å². The molecule has 1 rings (SSSR count). The second kappa shape index (κ2) is 6.34. The Balaban J connectivity index is 2.58. The summed E-state index contributed by atoms with van der Waals surface area (Å²) in [6, 6.07) is -0.756. The molecule has 1 heterocycles. The summed E-state index contributed by atoms with van der Waals surface area (Å²) < 4.78 is 9.57. The van der Waals surface area contributed by atoms with Crippen molar-refractivity contribution >= 4 is 17.8 Å². The molecule has 3 atom stereocenters. The lowest BCUT2D eigenvalue weighted by Crippen LogP contribution is -2.43. The largest absolute Gasteiger partial charge is 0.463 e. The van der Waals surface area contributed by atoms with Crippen molar-refractivity contribution in [2.75, 3.05) is 6.61 Å². The predicted molar refractivity (Wildman–Crippen MR) is 59.4 cm³/mol. The van der Waals surface area contributed by atoms with E-state index in [2.05, 4.69) is 10.1 Å². The fraction of sp³-hybridized carbons (Fsp3) is 0.727. The van der Waals surface area contributed by atoms with E-state index in [0.717, 1.165) is 0 Å². The number of ether oxygens (including phenoxy) is 2. The predicted octanol–water partition coefficient (Wildman–Crippen LogP) is -0.879. The maximum Gasteiger partial charge on any atom is 0.350 e. The van der Waals surface area contributed by atoms with Gasteiger partial charge < -0.3 is 19.9 Å². The first-order valence-corrected chi connectivity index (χ1v) is 5.80. The fourth-order valence-corrected chi connectivity index (χ4v) is 1.57. The Labute approximate surface area is 104 Å². The molecule has 1 saturated heterocycles. The Morgan fingerprint density at radius 2 is 2.22 bits per heavy atom. The van der Waals surface area contributed by atoms with Crippen LogP contribution in [0.5, 0.6) is 0 Å². The summed E-state index contributed by atoms with van der Waals surface area (Å²) in [5, 5.41) is 11.8. The van der Waals surface area contributed by atoms with Gasteiger partial charge in [0, 0.05) is 6.42 Å². The van der Waals surface area contributed by atoms with Crippen molar-refractivity contribution in [3.05, 3.63) is 0 Å². The van der Waals surface area contributed by atoms with E-state index in [1.165, 1.54) is 6.92 Å². The second-order valence-electron chi connectivity index (χ2n) is 4.01. The van der Waals surface area contributed by atoms with Crippen molar-refractivity contribution in [2.24, 2.45) is 0 Å². The van der Waals surface area contributed by atoms with Crippen molar-refractivity contribution in [2.45, 2.75) is 44.9 Å². The van der Waals surface area contributed by atoms with Crippen LogP contribution in [-0.4, -0.2) is 47.8 Å². The Kier molecular flexibility index (Phi) is 5.08. The van der Waals surface area contributed by atoms with Gasteiger partial charge in [0.1, 0.15) is 6.04 Å². The number of aliphatic hydroxyl groups is 1. The number of carbonyl (C=O) groups is 3. The smallest absolute Gasteiger partial charge is 0.350 e. The number of amides is 1. The SMILES string of the molecule is CCOC(=O)C(OC(=O)[C@@H]1CCC(=O)N1)C(C)O. The van der Waals surface area contributed by atoms with E-state index in [1.54, 1.807) is 6.92 Å². The fourth-order valence-electron chi connectivity index (χ4n) is 1.57. The van der Waals surface area contributed by atoms with Crippen molar-refractivity contribution in [1.82, 2.24) is 5.32 Å². The molecular formula is C11H17NO6. The van der Waals surface area contributed by atoms with Crippen LogP contribution in [0.2, 0.25) is 0 Å². The summed E-state index contributed by atoms with van der Waals surface area (Å²) in [5.74, 6) is -1.77. The van der Waals surface area contributed by atoms with Gasteiger partial charge in [-0.1, -0.05) is 0 Å². The number of nitrogens with one attached hydrogen (secondary N) is 1. The zero-order valence-electron chi connectivity index (χ0n) is 10.3. The highest BCUT2D eigenvalue weighted by molar-refractivity contribution is 5.89. The molecule has 7 nitrogen and oxygen atoms in total. The molecule has 102 valence electrons. The summed E-state index contributed by atoms with van der Waals surface area (Å²) >= 11 is 0. The lowest BCUT2D eigenvalue weighted by atomic mass is 10.2. The van der Waals surface area contributed by atoms with Crippen LogP contribution in [0, 0.1) is 0 Å². The highest BCUT2D eigenvalue weighted by Gasteiger charge is 2.34. The van der Waals surface area contributed by atoms with Crippen molar-refractivity contribution in [3.8, 4) is 0 Å². The molecule has 0 aliphatic carbocycles. The Hall–Kier alpha value is -1.63. The molecule has 0 aromatic heterocycles. The molecule has 0 saturated carbocycles. The van der Waals surface area contributed by atoms with E-state index >= 15 is 0 Å². The zero-order chi connectivity index (χ0) is 13.7. The number of aliphatic hydroxyl groups excluding tert-OH is 1. The van der Waals surface area contributed by atoms with E-state index in [0.29, 0.717) is 6.42 Å². The summed E-state index contributed by atoms with van der Waals surface area (Å²) in [5.41, 5.74) is 0. The van der Waals surface area contributed by atoms with Gasteiger partial charge in [0.2, 0.25) is 12.0 Å². The maximum atomic E-state index is 11.7. The van der Waals surface area contributed by atoms with Gasteiger partial charge in [-0.05, 0) is 20.3 Å². The summed E-state index contributed by atoms with van der Waals surface area (Å²) in [7, 11) is 0. The van der Waals surface area contributed by atoms with Crippen LogP contribution in [0.25, 0.3) is 0 Å². The van der Waals surface area contributed by atoms with E-state index < -0.39 is 30.2 Å². The zero-order valence-corrected chi connectivity index (χ0v) is 10.3. The minimum atomic E-state index is -1.37. The molecular weight excluding hydrogens is 242 g/mol. The van der Waals surface area contributed by atoms with Crippen LogP contribution in [-0.2, 0) is 23.9 Å². The van der Waals surface area contributed by atoms with Gasteiger partial charge in [-0.15, -0.1) is 0 Å². The molecule has 1 aliphatic heterocycles. The first-order chi connectivity index (χ1) is 8.45. The van der Waals surface area contributed by atoms with E-state index in [-0.39, 0.29) is 18.9 Å². The number of rotatable bonds is 5. The average molecular weight is 259 g/mol. The minimum Gasteiger partial charge on any atom is -0.463 e. The number of hydrogen-bond acceptors (Lipinski definition) is 6. The van der Waals surface area contributed by atoms with Crippen molar-refractivity contribution in [1.29, 1.82) is 0 Å². The highest BCUT2D eigenvalue weighted by atomic mass is 16.6. The Bertz CT molecular complexity index is 340. The molecule has 2 N–H and O–H groups in total. The molecule has 2 unspecified atom stereocenters. The minimum absolute atomic E-state index is 0.125. The number of hydrogen-bond donors (Lipinski definition) is 2. The molecule has 0 bridgehead atoms. The summed E-state index contributed by atoms with van der Waals surface area (Å²) in [6.07, 6.45) is -1.97. The number of esters is 2. The Morgan fingerprint density at radius 3 is 2.67 bits per heavy atom. The first-order valence-electron chi connectivity index (χ1n) is 5.80. The van der Waals surface area contributed by atoms with E-state index in [1.807, 2.05) is 0 Å². The second-order valence-corrected chi connectivity index (χ2v) is 4.01. The molecule has 7 heteroatoms. The third kappa shape index (κ3) is 3.69. The molecule has 0 spiro atoms. The third-order valence-corrected chi connectivity index (χ3v) is 2.48. The van der Waals surface area contributed by atoms with Crippen LogP contribution in [0.3, 0.4) is 0 Å². The van der Waals surface area contributed by atoms with Crippen LogP contribution in [0.4, 0.5) is 0 Å². The van der Waals surface area contributed by atoms with E-state index in [4.69, 9.17) is 4.74 Å². The van der Waals surface area contributed by atoms with Gasteiger partial charge in [0.15, 0.2) is 0 Å². The molecule has 0 radical (unpaired) electrons. The van der Waals surface area contributed by atoms with Gasteiger partial charge in [-0.2, -0.15) is 0 Å². The molecule has 0 aromatic rings. The molecule has 1 aliphatic rings. The van der Waals surface area contributed by atoms with Crippen LogP contribution in [0.15, 0.2) is 0 Å². The highest BCUT2D eigenvalue weighted by Crippen LogP contribution is 2.11. The maximum absolute atomic E-state index is 11.7. The first kappa shape index (κ1) is 14.4. The normalized spacial score (nSPS) is 21.9. The van der Waals surface area contributed by atoms with Crippen LogP contribution >= 0.6 is 0 Å². The third-order valence-electron chi connectivity index (χ3n) is 2.48. The molecule has 18 heavy (non-hydrogen) atoms. The molecule has 0 aromatic carbocycles. The Morgan fingerprint density at radius 1 is 1.56 bits per heavy atom. The topological polar surface area (TPSA) is 102 Å². The standard InChI is InChI=1S/C11H17NO6/c1-3-17-11(16)9(6(2)13)18-10(15)7-4-5-8(14)12-7/h6-7,9,13H,3-5H2,1-2H3,(H,12,14)/t6?,7-,9?/m0/s1. The van der Waals surface area contributed by atoms with Gasteiger partial charge in [0.05, 0.1) is 12.7 Å². The molecule has 1 fully saturated rings. The van der Waals surface area contributed by atoms with Crippen molar-refractivity contribution in [3.63, 3.8) is 0 Å². The van der Waals surface area contributed by atoms with Crippen LogP contribution < -0.4 is 5.32 Å². The van der Waals surface area contributed by atoms with Crippen molar-refractivity contribution < 1.29 is 29.0 Å². The van der Waals surface area contributed by atoms with E-state index in [9.17, 15) is 19.5 Å². The monoisotopic (exact) mass is 259 g/mol. The lowest BCUT2D eigenvalue weighted by molar-refractivity contribution is -0.175. The summed E-state index contributed by atoms with van der Waals surface area (Å²) in [6.45, 7) is 3.05. The van der Waals surface area contributed by atoms with Gasteiger partial charge >= 0.3 is 11.9 Å². The van der Waals surface area contributed by atoms with Gasteiger partial charge in [-0.3, -0.25) is 4.79 Å². The van der Waals surface area contributed by atoms with Gasteiger partial charge in [-0.25, -0.2) is 9.59 Å².